The Bertz CT molecular complexity index is 896. The summed E-state index contributed by atoms with van der Waals surface area (Å²) in [5, 5.41) is 5.56. The second-order valence-corrected chi connectivity index (χ2v) is 10.2. The molecule has 3 unspecified atom stereocenters. The standard InChI is InChI=1S/C27H44N4O5/c1-8-10-16-29-24(33)23(20-13-11-12-18(3)17-20)31(19(4)9-2)25(34)21(14-15-22(28)32)30-26(35)36-27(5,6)7/h11-13,17,19,21,23H,8-10,14-16H2,1-7H3,(H2,28,32)(H,29,33)(H,30,35). The van der Waals surface area contributed by atoms with Gasteiger partial charge in [0.2, 0.25) is 17.7 Å². The third-order valence-corrected chi connectivity index (χ3v) is 5.70. The van der Waals surface area contributed by atoms with Gasteiger partial charge < -0.3 is 26.0 Å². The van der Waals surface area contributed by atoms with E-state index >= 15 is 0 Å². The summed E-state index contributed by atoms with van der Waals surface area (Å²) in [6.07, 6.45) is 1.39. The molecule has 0 aliphatic rings. The van der Waals surface area contributed by atoms with Crippen LogP contribution in [0.4, 0.5) is 4.79 Å². The summed E-state index contributed by atoms with van der Waals surface area (Å²) in [6.45, 7) is 13.4. The second-order valence-electron chi connectivity index (χ2n) is 10.2. The molecule has 0 saturated heterocycles. The smallest absolute Gasteiger partial charge is 0.408 e. The number of nitrogens with zero attached hydrogens (tertiary/aromatic N) is 1. The van der Waals surface area contributed by atoms with Crippen molar-refractivity contribution in [3.8, 4) is 0 Å². The number of nitrogens with one attached hydrogen (secondary N) is 2. The first-order chi connectivity index (χ1) is 16.8. The second kappa shape index (κ2) is 14.5. The minimum absolute atomic E-state index is 0.0155. The number of amides is 4. The number of nitrogens with two attached hydrogens (primary N) is 1. The number of primary amides is 1. The predicted octanol–water partition coefficient (Wildman–Crippen LogP) is 3.74. The van der Waals surface area contributed by atoms with Crippen molar-refractivity contribution in [2.45, 2.75) is 104 Å². The molecule has 202 valence electrons. The topological polar surface area (TPSA) is 131 Å². The Morgan fingerprint density at radius 3 is 2.33 bits per heavy atom. The normalized spacial score (nSPS) is 13.8. The molecule has 0 radical (unpaired) electrons. The van der Waals surface area contributed by atoms with Crippen molar-refractivity contribution in [3.05, 3.63) is 35.4 Å². The lowest BCUT2D eigenvalue weighted by Gasteiger charge is -2.38. The van der Waals surface area contributed by atoms with Crippen molar-refractivity contribution in [1.29, 1.82) is 0 Å². The summed E-state index contributed by atoms with van der Waals surface area (Å²) in [4.78, 5) is 53.1. The molecular formula is C27H44N4O5. The first-order valence-electron chi connectivity index (χ1n) is 12.7. The Balaban J connectivity index is 3.49. The van der Waals surface area contributed by atoms with Crippen LogP contribution in [0.3, 0.4) is 0 Å². The zero-order valence-corrected chi connectivity index (χ0v) is 22.8. The molecule has 0 aliphatic carbocycles. The number of hydrogen-bond donors (Lipinski definition) is 3. The van der Waals surface area contributed by atoms with Crippen LogP contribution in [-0.2, 0) is 19.1 Å². The first-order valence-corrected chi connectivity index (χ1v) is 12.7. The van der Waals surface area contributed by atoms with Crippen LogP contribution in [0.5, 0.6) is 0 Å². The Morgan fingerprint density at radius 1 is 1.14 bits per heavy atom. The molecule has 1 rings (SSSR count). The minimum atomic E-state index is -1.10. The summed E-state index contributed by atoms with van der Waals surface area (Å²) in [6, 6.07) is 5.12. The molecule has 3 atom stereocenters. The Kier molecular flexibility index (Phi) is 12.4. The van der Waals surface area contributed by atoms with Crippen LogP contribution in [0.15, 0.2) is 24.3 Å². The molecule has 9 heteroatoms. The van der Waals surface area contributed by atoms with E-state index in [1.807, 2.05) is 52.0 Å². The van der Waals surface area contributed by atoms with Crippen molar-refractivity contribution >= 4 is 23.8 Å². The van der Waals surface area contributed by atoms with Gasteiger partial charge in [0.25, 0.3) is 0 Å². The summed E-state index contributed by atoms with van der Waals surface area (Å²) in [5.41, 5.74) is 6.19. The number of ether oxygens (including phenoxy) is 1. The van der Waals surface area contributed by atoms with Crippen molar-refractivity contribution in [1.82, 2.24) is 15.5 Å². The van der Waals surface area contributed by atoms with Crippen LogP contribution >= 0.6 is 0 Å². The van der Waals surface area contributed by atoms with Crippen LogP contribution in [-0.4, -0.2) is 52.9 Å². The highest BCUT2D eigenvalue weighted by Crippen LogP contribution is 2.27. The monoisotopic (exact) mass is 504 g/mol. The van der Waals surface area contributed by atoms with Crippen molar-refractivity contribution < 1.29 is 23.9 Å². The van der Waals surface area contributed by atoms with Gasteiger partial charge in [-0.3, -0.25) is 14.4 Å². The predicted molar refractivity (Wildman–Crippen MR) is 140 cm³/mol. The van der Waals surface area contributed by atoms with E-state index in [0.29, 0.717) is 18.5 Å². The molecule has 9 nitrogen and oxygen atoms in total. The number of aryl methyl sites for hydroxylation is 1. The summed E-state index contributed by atoms with van der Waals surface area (Å²) < 4.78 is 5.35. The van der Waals surface area contributed by atoms with Crippen molar-refractivity contribution in [2.75, 3.05) is 6.54 Å². The molecule has 0 spiro atoms. The number of unbranched alkanes of at least 4 members (excludes halogenated alkanes) is 1. The number of rotatable bonds is 13. The highest BCUT2D eigenvalue weighted by atomic mass is 16.6. The minimum Gasteiger partial charge on any atom is -0.444 e. The van der Waals surface area contributed by atoms with Gasteiger partial charge in [-0.2, -0.15) is 0 Å². The summed E-state index contributed by atoms with van der Waals surface area (Å²) in [7, 11) is 0. The number of alkyl carbamates (subject to hydrolysis) is 1. The molecule has 1 aromatic carbocycles. The Labute approximate surface area is 215 Å². The molecule has 0 aromatic heterocycles. The van der Waals surface area contributed by atoms with Gasteiger partial charge >= 0.3 is 6.09 Å². The van der Waals surface area contributed by atoms with E-state index in [9.17, 15) is 19.2 Å². The van der Waals surface area contributed by atoms with E-state index in [2.05, 4.69) is 10.6 Å². The number of carbonyl (C=O) groups is 4. The lowest BCUT2D eigenvalue weighted by atomic mass is 9.97. The van der Waals surface area contributed by atoms with E-state index < -0.39 is 35.6 Å². The van der Waals surface area contributed by atoms with Gasteiger partial charge in [-0.15, -0.1) is 0 Å². The SMILES string of the molecule is CCCCNC(=O)C(c1cccc(C)c1)N(C(=O)C(CCC(N)=O)NC(=O)OC(C)(C)C)C(C)CC. The number of carbonyl (C=O) groups excluding carboxylic acids is 4. The van der Waals surface area contributed by atoms with E-state index in [-0.39, 0.29) is 24.8 Å². The quantitative estimate of drug-likeness (QED) is 0.352. The lowest BCUT2D eigenvalue weighted by molar-refractivity contribution is -0.145. The van der Waals surface area contributed by atoms with Gasteiger partial charge in [-0.1, -0.05) is 50.1 Å². The third-order valence-electron chi connectivity index (χ3n) is 5.70. The highest BCUT2D eigenvalue weighted by molar-refractivity contribution is 5.92. The average molecular weight is 505 g/mol. The fourth-order valence-electron chi connectivity index (χ4n) is 3.73. The van der Waals surface area contributed by atoms with Gasteiger partial charge in [-0.25, -0.2) is 4.79 Å². The summed E-state index contributed by atoms with van der Waals surface area (Å²) >= 11 is 0. The van der Waals surface area contributed by atoms with E-state index in [1.165, 1.54) is 4.90 Å². The van der Waals surface area contributed by atoms with E-state index in [1.54, 1.807) is 20.8 Å². The van der Waals surface area contributed by atoms with E-state index in [4.69, 9.17) is 10.5 Å². The third kappa shape index (κ3) is 10.3. The number of hydrogen-bond acceptors (Lipinski definition) is 5. The molecule has 0 heterocycles. The van der Waals surface area contributed by atoms with Gasteiger partial charge in [0.05, 0.1) is 0 Å². The van der Waals surface area contributed by atoms with Gasteiger partial charge in [-0.05, 0) is 59.4 Å². The molecule has 1 aromatic rings. The zero-order valence-electron chi connectivity index (χ0n) is 22.8. The maximum atomic E-state index is 14.0. The fraction of sp³-hybridized carbons (Fsp3) is 0.630. The Morgan fingerprint density at radius 2 is 1.81 bits per heavy atom. The van der Waals surface area contributed by atoms with Crippen LogP contribution in [0, 0.1) is 6.92 Å². The maximum absolute atomic E-state index is 14.0. The lowest BCUT2D eigenvalue weighted by Crippen LogP contribution is -2.55. The molecule has 0 saturated carbocycles. The van der Waals surface area contributed by atoms with Gasteiger partial charge in [0.1, 0.15) is 17.7 Å². The van der Waals surface area contributed by atoms with Crippen LogP contribution in [0.1, 0.15) is 90.8 Å². The number of benzene rings is 1. The average Bonchev–Trinajstić information content (AvgIpc) is 2.77. The van der Waals surface area contributed by atoms with Crippen LogP contribution in [0.2, 0.25) is 0 Å². The molecule has 4 amide bonds. The van der Waals surface area contributed by atoms with Gasteiger partial charge in [0, 0.05) is 19.0 Å². The molecular weight excluding hydrogens is 460 g/mol. The molecule has 0 fully saturated rings. The zero-order chi connectivity index (χ0) is 27.5. The van der Waals surface area contributed by atoms with Crippen molar-refractivity contribution in [3.63, 3.8) is 0 Å². The molecule has 4 N–H and O–H groups in total. The molecule has 0 bridgehead atoms. The molecule has 36 heavy (non-hydrogen) atoms. The maximum Gasteiger partial charge on any atom is 0.408 e. The van der Waals surface area contributed by atoms with Crippen LogP contribution in [0.25, 0.3) is 0 Å². The van der Waals surface area contributed by atoms with Crippen LogP contribution < -0.4 is 16.4 Å². The van der Waals surface area contributed by atoms with Gasteiger partial charge in [0.15, 0.2) is 0 Å². The summed E-state index contributed by atoms with van der Waals surface area (Å²) in [5.74, 6) is -1.37. The van der Waals surface area contributed by atoms with Crippen molar-refractivity contribution in [2.24, 2.45) is 5.73 Å². The highest BCUT2D eigenvalue weighted by Gasteiger charge is 2.38. The largest absolute Gasteiger partial charge is 0.444 e. The fourth-order valence-corrected chi connectivity index (χ4v) is 3.73. The Hall–Kier alpha value is -3.10. The van der Waals surface area contributed by atoms with E-state index in [0.717, 1.165) is 18.4 Å². The first kappa shape index (κ1) is 30.9. The molecule has 0 aliphatic heterocycles.